The predicted molar refractivity (Wildman–Crippen MR) is 134 cm³/mol. The molecule has 1 aromatic heterocycles. The maximum absolute atomic E-state index is 12.9. The second-order valence-electron chi connectivity index (χ2n) is 8.97. The summed E-state index contributed by atoms with van der Waals surface area (Å²) < 4.78 is 44.6. The molecule has 0 saturated carbocycles. The minimum absolute atomic E-state index is 0.0503. The number of fused-ring (bicyclic) bond motifs is 1. The summed E-state index contributed by atoms with van der Waals surface area (Å²) in [6.45, 7) is 4.63. The smallest absolute Gasteiger partial charge is 0.406 e. The zero-order valence-electron chi connectivity index (χ0n) is 20.6. The molecule has 0 fully saturated rings. The van der Waals surface area contributed by atoms with Gasteiger partial charge in [-0.15, -0.1) is 13.2 Å². The van der Waals surface area contributed by atoms with E-state index in [0.717, 1.165) is 12.0 Å². The predicted octanol–water partition coefficient (Wildman–Crippen LogP) is 5.49. The van der Waals surface area contributed by atoms with E-state index >= 15 is 0 Å². The Morgan fingerprint density at radius 1 is 1.14 bits per heavy atom. The van der Waals surface area contributed by atoms with Crippen LogP contribution in [0, 0.1) is 0 Å². The van der Waals surface area contributed by atoms with Crippen LogP contribution in [0.5, 0.6) is 5.75 Å². The van der Waals surface area contributed by atoms with E-state index in [1.54, 1.807) is 12.1 Å². The number of nitrogens with one attached hydrogen (secondary N) is 3. The van der Waals surface area contributed by atoms with Gasteiger partial charge in [0.2, 0.25) is 0 Å². The average molecular weight is 515 g/mol. The van der Waals surface area contributed by atoms with Crippen LogP contribution in [0.3, 0.4) is 0 Å². The maximum Gasteiger partial charge on any atom is 0.573 e. The first-order valence-electron chi connectivity index (χ1n) is 12.2. The third-order valence-corrected chi connectivity index (χ3v) is 6.31. The van der Waals surface area contributed by atoms with Crippen LogP contribution in [-0.2, 0) is 0 Å². The molecule has 1 aliphatic rings. The summed E-state index contributed by atoms with van der Waals surface area (Å²) in [4.78, 5) is 25.0. The van der Waals surface area contributed by atoms with Crippen molar-refractivity contribution < 1.29 is 27.5 Å². The summed E-state index contributed by atoms with van der Waals surface area (Å²) >= 11 is 0. The Bertz CT molecular complexity index is 1260. The van der Waals surface area contributed by atoms with Gasteiger partial charge in [-0.2, -0.15) is 0 Å². The maximum atomic E-state index is 12.9. The van der Waals surface area contributed by atoms with Crippen molar-refractivity contribution in [2.45, 2.75) is 45.1 Å². The lowest BCUT2D eigenvalue weighted by atomic mass is 10.0. The molecule has 196 valence electrons. The fraction of sp³-hybridized carbons (Fsp3) is 0.333. The van der Waals surface area contributed by atoms with Gasteiger partial charge in [-0.3, -0.25) is 4.79 Å². The SMILES string of the molecule is CCC(C)NC(=O)NCC[C@H]1CNC(=O)c2cc(-c3cccc(OC(F)(F)F)c3)c(-c3ccccc3)n21. The Hall–Kier alpha value is -3.95. The number of ether oxygens (including phenoxy) is 1. The summed E-state index contributed by atoms with van der Waals surface area (Å²) in [6.07, 6.45) is -3.47. The number of rotatable bonds is 8. The van der Waals surface area contributed by atoms with Crippen molar-refractivity contribution in [2.75, 3.05) is 13.1 Å². The molecule has 2 aromatic carbocycles. The fourth-order valence-electron chi connectivity index (χ4n) is 4.40. The van der Waals surface area contributed by atoms with Crippen LogP contribution in [0.4, 0.5) is 18.0 Å². The fourth-order valence-corrected chi connectivity index (χ4v) is 4.40. The van der Waals surface area contributed by atoms with Gasteiger partial charge < -0.3 is 25.3 Å². The van der Waals surface area contributed by atoms with Crippen molar-refractivity contribution in [2.24, 2.45) is 0 Å². The van der Waals surface area contributed by atoms with Gasteiger partial charge in [0.15, 0.2) is 0 Å². The summed E-state index contributed by atoms with van der Waals surface area (Å²) in [7, 11) is 0. The monoisotopic (exact) mass is 514 g/mol. The van der Waals surface area contributed by atoms with Gasteiger partial charge in [-0.1, -0.05) is 49.4 Å². The molecule has 3 N–H and O–H groups in total. The molecule has 0 spiro atoms. The molecule has 1 unspecified atom stereocenters. The normalized spacial score (nSPS) is 15.9. The third kappa shape index (κ3) is 6.25. The molecule has 3 aromatic rings. The van der Waals surface area contributed by atoms with Gasteiger partial charge in [-0.25, -0.2) is 4.79 Å². The standard InChI is InChI=1S/C27H29F3N4O3/c1-3-17(2)33-26(36)31-13-12-20-16-32-25(35)23-15-22(24(34(20)23)18-8-5-4-6-9-18)19-10-7-11-21(14-19)37-27(28,29)30/h4-11,14-15,17,20H,3,12-13,16H2,1-2H3,(H,32,35)(H2,31,33,36)/t17?,20-/m0/s1. The molecule has 4 rings (SSSR count). The van der Waals surface area contributed by atoms with Gasteiger partial charge in [0.05, 0.1) is 11.7 Å². The summed E-state index contributed by atoms with van der Waals surface area (Å²) in [5.41, 5.74) is 3.02. The Labute approximate surface area is 213 Å². The molecular formula is C27H29F3N4O3. The third-order valence-electron chi connectivity index (χ3n) is 6.31. The van der Waals surface area contributed by atoms with E-state index in [1.165, 1.54) is 18.2 Å². The number of amides is 3. The van der Waals surface area contributed by atoms with Crippen molar-refractivity contribution in [3.63, 3.8) is 0 Å². The molecule has 3 amide bonds. The molecule has 2 heterocycles. The van der Waals surface area contributed by atoms with E-state index in [1.807, 2.05) is 48.7 Å². The van der Waals surface area contributed by atoms with E-state index in [2.05, 4.69) is 20.7 Å². The number of aromatic nitrogens is 1. The van der Waals surface area contributed by atoms with Crippen molar-refractivity contribution in [1.82, 2.24) is 20.5 Å². The van der Waals surface area contributed by atoms with E-state index in [9.17, 15) is 22.8 Å². The molecule has 0 aliphatic carbocycles. The number of urea groups is 1. The zero-order valence-corrected chi connectivity index (χ0v) is 20.6. The van der Waals surface area contributed by atoms with Crippen molar-refractivity contribution in [3.05, 3.63) is 66.4 Å². The van der Waals surface area contributed by atoms with E-state index in [-0.39, 0.29) is 29.8 Å². The van der Waals surface area contributed by atoms with Crippen LogP contribution in [0.25, 0.3) is 22.4 Å². The minimum Gasteiger partial charge on any atom is -0.406 e. The molecular weight excluding hydrogens is 485 g/mol. The minimum atomic E-state index is -4.82. The van der Waals surface area contributed by atoms with E-state index in [0.29, 0.717) is 42.0 Å². The van der Waals surface area contributed by atoms with Crippen molar-refractivity contribution in [1.29, 1.82) is 0 Å². The Balaban J connectivity index is 1.71. The van der Waals surface area contributed by atoms with E-state index < -0.39 is 6.36 Å². The second kappa shape index (κ2) is 11.0. The molecule has 10 heteroatoms. The highest BCUT2D eigenvalue weighted by Gasteiger charge is 2.33. The van der Waals surface area contributed by atoms with Crippen molar-refractivity contribution in [3.8, 4) is 28.1 Å². The van der Waals surface area contributed by atoms with Crippen LogP contribution < -0.4 is 20.7 Å². The number of halogens is 3. The largest absolute Gasteiger partial charge is 0.573 e. The number of hydrogen-bond acceptors (Lipinski definition) is 3. The first-order valence-corrected chi connectivity index (χ1v) is 12.2. The zero-order chi connectivity index (χ0) is 26.6. The van der Waals surface area contributed by atoms with Gasteiger partial charge >= 0.3 is 12.4 Å². The highest BCUT2D eigenvalue weighted by molar-refractivity contribution is 5.98. The molecule has 37 heavy (non-hydrogen) atoms. The first kappa shape index (κ1) is 26.1. The molecule has 0 saturated heterocycles. The molecule has 1 aliphatic heterocycles. The lowest BCUT2D eigenvalue weighted by Crippen LogP contribution is -2.43. The highest BCUT2D eigenvalue weighted by atomic mass is 19.4. The number of benzene rings is 2. The number of alkyl halides is 3. The van der Waals surface area contributed by atoms with Crippen molar-refractivity contribution >= 4 is 11.9 Å². The Morgan fingerprint density at radius 2 is 1.86 bits per heavy atom. The number of carbonyl (C=O) groups excluding carboxylic acids is 2. The van der Waals surface area contributed by atoms with Gasteiger partial charge in [0, 0.05) is 24.7 Å². The van der Waals surface area contributed by atoms with Gasteiger partial charge in [0.1, 0.15) is 11.4 Å². The van der Waals surface area contributed by atoms with E-state index in [4.69, 9.17) is 0 Å². The van der Waals surface area contributed by atoms with Crippen LogP contribution in [0.1, 0.15) is 43.2 Å². The lowest BCUT2D eigenvalue weighted by molar-refractivity contribution is -0.274. The Morgan fingerprint density at radius 3 is 2.57 bits per heavy atom. The number of nitrogens with zero attached hydrogens (tertiary/aromatic N) is 1. The average Bonchev–Trinajstić information content (AvgIpc) is 3.27. The molecule has 0 bridgehead atoms. The summed E-state index contributed by atoms with van der Waals surface area (Å²) in [6, 6.07) is 16.4. The lowest BCUT2D eigenvalue weighted by Gasteiger charge is -2.29. The first-order chi connectivity index (χ1) is 17.7. The number of carbonyl (C=O) groups is 2. The second-order valence-corrected chi connectivity index (χ2v) is 8.97. The summed E-state index contributed by atoms with van der Waals surface area (Å²) in [5.74, 6) is -0.615. The summed E-state index contributed by atoms with van der Waals surface area (Å²) in [5, 5.41) is 8.62. The topological polar surface area (TPSA) is 84.4 Å². The highest BCUT2D eigenvalue weighted by Crippen LogP contribution is 2.40. The number of hydrogen-bond donors (Lipinski definition) is 3. The van der Waals surface area contributed by atoms with Crippen LogP contribution >= 0.6 is 0 Å². The van der Waals surface area contributed by atoms with Crippen LogP contribution in [0.2, 0.25) is 0 Å². The van der Waals surface area contributed by atoms with Crippen LogP contribution in [0.15, 0.2) is 60.7 Å². The van der Waals surface area contributed by atoms with Gasteiger partial charge in [-0.05, 0) is 49.1 Å². The molecule has 7 nitrogen and oxygen atoms in total. The van der Waals surface area contributed by atoms with Gasteiger partial charge in [0.25, 0.3) is 5.91 Å². The quantitative estimate of drug-likeness (QED) is 0.372. The molecule has 0 radical (unpaired) electrons. The van der Waals surface area contributed by atoms with Crippen LogP contribution in [-0.4, -0.2) is 42.0 Å². The molecule has 2 atom stereocenters. The Kier molecular flexibility index (Phi) is 7.75.